The SMILES string of the molecule is CCCCCOc1ccc(CNCCC(O)COC)cc1. The molecule has 1 rings (SSSR count). The average molecular weight is 295 g/mol. The Morgan fingerprint density at radius 2 is 1.95 bits per heavy atom. The molecule has 0 radical (unpaired) electrons. The van der Waals surface area contributed by atoms with E-state index in [1.165, 1.54) is 18.4 Å². The first-order valence-corrected chi connectivity index (χ1v) is 7.85. The van der Waals surface area contributed by atoms with Crippen molar-refractivity contribution >= 4 is 0 Å². The van der Waals surface area contributed by atoms with Gasteiger partial charge in [-0.2, -0.15) is 0 Å². The molecule has 0 bridgehead atoms. The molecule has 0 amide bonds. The van der Waals surface area contributed by atoms with E-state index in [2.05, 4.69) is 24.4 Å². The van der Waals surface area contributed by atoms with E-state index in [9.17, 15) is 5.11 Å². The Labute approximate surface area is 128 Å². The standard InChI is InChI=1S/C17H29NO3/c1-3-4-5-12-21-17-8-6-15(7-9-17)13-18-11-10-16(19)14-20-2/h6-9,16,18-19H,3-5,10-14H2,1-2H3. The van der Waals surface area contributed by atoms with Crippen molar-refractivity contribution in [3.63, 3.8) is 0 Å². The van der Waals surface area contributed by atoms with E-state index in [-0.39, 0.29) is 6.10 Å². The Bertz CT molecular complexity index is 354. The van der Waals surface area contributed by atoms with Crippen LogP contribution in [0.15, 0.2) is 24.3 Å². The van der Waals surface area contributed by atoms with Crippen LogP contribution in [0.4, 0.5) is 0 Å². The zero-order chi connectivity index (χ0) is 15.3. The molecule has 0 spiro atoms. The van der Waals surface area contributed by atoms with Gasteiger partial charge in [-0.05, 0) is 37.1 Å². The predicted octanol–water partition coefficient (Wildman–Crippen LogP) is 2.74. The molecule has 21 heavy (non-hydrogen) atoms. The van der Waals surface area contributed by atoms with E-state index in [1.54, 1.807) is 7.11 Å². The Balaban J connectivity index is 2.16. The van der Waals surface area contributed by atoms with Gasteiger partial charge in [-0.1, -0.05) is 31.9 Å². The van der Waals surface area contributed by atoms with Crippen molar-refractivity contribution in [3.05, 3.63) is 29.8 Å². The minimum atomic E-state index is -0.388. The lowest BCUT2D eigenvalue weighted by Gasteiger charge is -2.10. The number of ether oxygens (including phenoxy) is 2. The molecule has 4 heteroatoms. The maximum absolute atomic E-state index is 9.52. The fraction of sp³-hybridized carbons (Fsp3) is 0.647. The molecule has 4 nitrogen and oxygen atoms in total. The van der Waals surface area contributed by atoms with E-state index in [0.717, 1.165) is 31.9 Å². The van der Waals surface area contributed by atoms with Crippen LogP contribution in [-0.4, -0.2) is 38.1 Å². The molecule has 0 aromatic heterocycles. The monoisotopic (exact) mass is 295 g/mol. The van der Waals surface area contributed by atoms with Crippen LogP contribution in [0.5, 0.6) is 5.75 Å². The fourth-order valence-electron chi connectivity index (χ4n) is 2.02. The first-order chi connectivity index (χ1) is 10.3. The van der Waals surface area contributed by atoms with Gasteiger partial charge in [-0.15, -0.1) is 0 Å². The number of aliphatic hydroxyl groups is 1. The first kappa shape index (κ1) is 18.0. The topological polar surface area (TPSA) is 50.7 Å². The quantitative estimate of drug-likeness (QED) is 0.582. The van der Waals surface area contributed by atoms with E-state index in [0.29, 0.717) is 13.0 Å². The van der Waals surface area contributed by atoms with E-state index in [4.69, 9.17) is 9.47 Å². The molecular formula is C17H29NO3. The second-order valence-corrected chi connectivity index (χ2v) is 5.27. The number of hydrogen-bond acceptors (Lipinski definition) is 4. The summed E-state index contributed by atoms with van der Waals surface area (Å²) in [4.78, 5) is 0. The molecule has 0 heterocycles. The minimum Gasteiger partial charge on any atom is -0.494 e. The van der Waals surface area contributed by atoms with Gasteiger partial charge in [0, 0.05) is 13.7 Å². The van der Waals surface area contributed by atoms with Crippen molar-refractivity contribution in [1.29, 1.82) is 0 Å². The summed E-state index contributed by atoms with van der Waals surface area (Å²) in [6.45, 7) is 4.96. The molecular weight excluding hydrogens is 266 g/mol. The molecule has 120 valence electrons. The molecule has 1 unspecified atom stereocenters. The highest BCUT2D eigenvalue weighted by Crippen LogP contribution is 2.12. The third-order valence-electron chi connectivity index (χ3n) is 3.28. The molecule has 0 aliphatic carbocycles. The van der Waals surface area contributed by atoms with Gasteiger partial charge in [0.25, 0.3) is 0 Å². The lowest BCUT2D eigenvalue weighted by molar-refractivity contribution is 0.0594. The Hall–Kier alpha value is -1.10. The fourth-order valence-corrected chi connectivity index (χ4v) is 2.02. The Morgan fingerprint density at radius 3 is 2.62 bits per heavy atom. The summed E-state index contributed by atoms with van der Waals surface area (Å²) in [6, 6.07) is 8.19. The molecule has 0 fully saturated rings. The van der Waals surface area contributed by atoms with Gasteiger partial charge in [-0.25, -0.2) is 0 Å². The Kier molecular flexibility index (Phi) is 9.87. The third-order valence-corrected chi connectivity index (χ3v) is 3.28. The molecule has 1 atom stereocenters. The zero-order valence-electron chi connectivity index (χ0n) is 13.3. The summed E-state index contributed by atoms with van der Waals surface area (Å²) in [5.41, 5.74) is 1.22. The van der Waals surface area contributed by atoms with Gasteiger partial charge in [-0.3, -0.25) is 0 Å². The van der Waals surface area contributed by atoms with Gasteiger partial charge in [0.15, 0.2) is 0 Å². The van der Waals surface area contributed by atoms with Gasteiger partial charge in [0.05, 0.1) is 19.3 Å². The summed E-state index contributed by atoms with van der Waals surface area (Å²) in [7, 11) is 1.60. The molecule has 0 aliphatic rings. The number of nitrogens with one attached hydrogen (secondary N) is 1. The Morgan fingerprint density at radius 1 is 1.19 bits per heavy atom. The van der Waals surface area contributed by atoms with Gasteiger partial charge in [0.2, 0.25) is 0 Å². The molecule has 0 saturated heterocycles. The predicted molar refractivity (Wildman–Crippen MR) is 85.7 cm³/mol. The summed E-state index contributed by atoms with van der Waals surface area (Å²) in [5.74, 6) is 0.936. The number of rotatable bonds is 12. The minimum absolute atomic E-state index is 0.388. The largest absolute Gasteiger partial charge is 0.494 e. The first-order valence-electron chi connectivity index (χ1n) is 7.85. The number of benzene rings is 1. The van der Waals surface area contributed by atoms with Crippen LogP contribution >= 0.6 is 0 Å². The van der Waals surface area contributed by atoms with E-state index in [1.807, 2.05) is 12.1 Å². The van der Waals surface area contributed by atoms with Crippen molar-refractivity contribution in [2.75, 3.05) is 26.9 Å². The number of aliphatic hydroxyl groups excluding tert-OH is 1. The highest BCUT2D eigenvalue weighted by molar-refractivity contribution is 5.27. The third kappa shape index (κ3) is 8.71. The summed E-state index contributed by atoms with van der Waals surface area (Å²) in [6.07, 6.45) is 3.86. The molecule has 2 N–H and O–H groups in total. The van der Waals surface area contributed by atoms with Crippen LogP contribution in [0, 0.1) is 0 Å². The van der Waals surface area contributed by atoms with Gasteiger partial charge >= 0.3 is 0 Å². The summed E-state index contributed by atoms with van der Waals surface area (Å²) in [5, 5.41) is 12.8. The maximum Gasteiger partial charge on any atom is 0.119 e. The smallest absolute Gasteiger partial charge is 0.119 e. The second kappa shape index (κ2) is 11.5. The van der Waals surface area contributed by atoms with Gasteiger partial charge in [0.1, 0.15) is 5.75 Å². The van der Waals surface area contributed by atoms with Crippen molar-refractivity contribution in [1.82, 2.24) is 5.32 Å². The zero-order valence-corrected chi connectivity index (χ0v) is 13.3. The normalized spacial score (nSPS) is 12.3. The van der Waals surface area contributed by atoms with Crippen molar-refractivity contribution in [2.45, 2.75) is 45.3 Å². The van der Waals surface area contributed by atoms with Crippen molar-refractivity contribution < 1.29 is 14.6 Å². The highest BCUT2D eigenvalue weighted by atomic mass is 16.5. The molecule has 1 aromatic carbocycles. The van der Waals surface area contributed by atoms with Gasteiger partial charge < -0.3 is 19.9 Å². The van der Waals surface area contributed by atoms with Crippen LogP contribution in [-0.2, 0) is 11.3 Å². The van der Waals surface area contributed by atoms with E-state index >= 15 is 0 Å². The second-order valence-electron chi connectivity index (χ2n) is 5.27. The van der Waals surface area contributed by atoms with Crippen LogP contribution in [0.3, 0.4) is 0 Å². The lowest BCUT2D eigenvalue weighted by atomic mass is 10.2. The van der Waals surface area contributed by atoms with E-state index < -0.39 is 0 Å². The maximum atomic E-state index is 9.52. The summed E-state index contributed by atoms with van der Waals surface area (Å²) >= 11 is 0. The van der Waals surface area contributed by atoms with Crippen molar-refractivity contribution in [3.8, 4) is 5.75 Å². The number of methoxy groups -OCH3 is 1. The summed E-state index contributed by atoms with van der Waals surface area (Å²) < 4.78 is 10.6. The van der Waals surface area contributed by atoms with Crippen molar-refractivity contribution in [2.24, 2.45) is 0 Å². The molecule has 0 saturated carbocycles. The lowest BCUT2D eigenvalue weighted by Crippen LogP contribution is -2.22. The average Bonchev–Trinajstić information content (AvgIpc) is 2.50. The van der Waals surface area contributed by atoms with Crippen LogP contribution in [0.25, 0.3) is 0 Å². The van der Waals surface area contributed by atoms with Crippen LogP contribution < -0.4 is 10.1 Å². The van der Waals surface area contributed by atoms with Crippen LogP contribution in [0.1, 0.15) is 38.2 Å². The molecule has 0 aliphatic heterocycles. The number of unbranched alkanes of at least 4 members (excludes halogenated alkanes) is 2. The number of hydrogen-bond donors (Lipinski definition) is 2. The molecule has 1 aromatic rings. The highest BCUT2D eigenvalue weighted by Gasteiger charge is 2.02. The van der Waals surface area contributed by atoms with Crippen LogP contribution in [0.2, 0.25) is 0 Å².